The number of halogens is 1. The minimum atomic E-state index is 0.250. The molecule has 1 aliphatic carbocycles. The summed E-state index contributed by atoms with van der Waals surface area (Å²) in [6, 6.07) is 1.73. The van der Waals surface area contributed by atoms with E-state index in [0.717, 1.165) is 23.5 Å². The number of pyridine rings is 1. The molecule has 0 bridgehead atoms. The predicted octanol–water partition coefficient (Wildman–Crippen LogP) is 2.31. The molecule has 1 aliphatic rings. The van der Waals surface area contributed by atoms with Gasteiger partial charge in [-0.1, -0.05) is 11.6 Å². The zero-order valence-electron chi connectivity index (χ0n) is 8.56. The molecular formula is C11H10ClN3O. The molecule has 4 nitrogen and oxygen atoms in total. The van der Waals surface area contributed by atoms with Gasteiger partial charge in [0.05, 0.1) is 11.8 Å². The van der Waals surface area contributed by atoms with Crippen LogP contribution in [-0.4, -0.2) is 21.1 Å². The Morgan fingerprint density at radius 3 is 3.06 bits per heavy atom. The van der Waals surface area contributed by atoms with Gasteiger partial charge in [-0.2, -0.15) is 5.10 Å². The molecular weight excluding hydrogens is 226 g/mol. The first kappa shape index (κ1) is 9.78. The van der Waals surface area contributed by atoms with Gasteiger partial charge in [-0.15, -0.1) is 0 Å². The molecule has 5 heteroatoms. The Bertz CT molecular complexity index is 560. The first-order valence-corrected chi connectivity index (χ1v) is 5.63. The van der Waals surface area contributed by atoms with E-state index in [1.54, 1.807) is 12.3 Å². The number of nitrogens with zero attached hydrogens (tertiary/aromatic N) is 3. The van der Waals surface area contributed by atoms with Crippen molar-refractivity contribution in [1.82, 2.24) is 14.8 Å². The average Bonchev–Trinajstić information content (AvgIpc) is 3.01. The zero-order chi connectivity index (χ0) is 11.1. The lowest BCUT2D eigenvalue weighted by Gasteiger charge is -2.01. The van der Waals surface area contributed by atoms with Crippen molar-refractivity contribution >= 4 is 28.9 Å². The minimum absolute atomic E-state index is 0.250. The maximum Gasteiger partial charge on any atom is 0.159 e. The molecule has 0 N–H and O–H groups in total. The van der Waals surface area contributed by atoms with Gasteiger partial charge in [0.2, 0.25) is 0 Å². The van der Waals surface area contributed by atoms with Crippen molar-refractivity contribution in [3.8, 4) is 0 Å². The summed E-state index contributed by atoms with van der Waals surface area (Å²) in [5.74, 6) is 0.731. The van der Waals surface area contributed by atoms with Gasteiger partial charge in [-0.05, 0) is 24.8 Å². The van der Waals surface area contributed by atoms with Crippen LogP contribution in [0.1, 0.15) is 23.2 Å². The number of hydrogen-bond donors (Lipinski definition) is 0. The maximum atomic E-state index is 10.7. The third kappa shape index (κ3) is 1.59. The lowest BCUT2D eigenvalue weighted by molar-refractivity contribution is 0.112. The second-order valence-corrected chi connectivity index (χ2v) is 4.53. The van der Waals surface area contributed by atoms with Crippen molar-refractivity contribution < 1.29 is 4.79 Å². The van der Waals surface area contributed by atoms with Crippen LogP contribution < -0.4 is 0 Å². The van der Waals surface area contributed by atoms with Gasteiger partial charge in [0, 0.05) is 11.9 Å². The van der Waals surface area contributed by atoms with E-state index in [9.17, 15) is 4.79 Å². The SMILES string of the molecule is O=Cc1cc2cnn(CC3CC3)c2nc1Cl. The summed E-state index contributed by atoms with van der Waals surface area (Å²) < 4.78 is 1.87. The lowest BCUT2D eigenvalue weighted by Crippen LogP contribution is -2.03. The fourth-order valence-corrected chi connectivity index (χ4v) is 1.94. The Morgan fingerprint density at radius 1 is 1.56 bits per heavy atom. The predicted molar refractivity (Wildman–Crippen MR) is 60.6 cm³/mol. The van der Waals surface area contributed by atoms with E-state index in [-0.39, 0.29) is 5.15 Å². The minimum Gasteiger partial charge on any atom is -0.298 e. The van der Waals surface area contributed by atoms with E-state index in [1.165, 1.54) is 12.8 Å². The van der Waals surface area contributed by atoms with Gasteiger partial charge < -0.3 is 0 Å². The summed E-state index contributed by atoms with van der Waals surface area (Å²) in [5.41, 5.74) is 1.18. The van der Waals surface area contributed by atoms with Crippen LogP contribution in [0, 0.1) is 5.92 Å². The van der Waals surface area contributed by atoms with Gasteiger partial charge in [0.25, 0.3) is 0 Å². The molecule has 0 saturated heterocycles. The topological polar surface area (TPSA) is 47.8 Å². The monoisotopic (exact) mass is 235 g/mol. The van der Waals surface area contributed by atoms with Gasteiger partial charge in [-0.3, -0.25) is 4.79 Å². The molecule has 0 radical (unpaired) electrons. The molecule has 0 unspecified atom stereocenters. The molecule has 0 spiro atoms. The van der Waals surface area contributed by atoms with Crippen LogP contribution >= 0.6 is 11.6 Å². The quantitative estimate of drug-likeness (QED) is 0.606. The average molecular weight is 236 g/mol. The highest BCUT2D eigenvalue weighted by molar-refractivity contribution is 6.32. The molecule has 82 valence electrons. The van der Waals surface area contributed by atoms with E-state index < -0.39 is 0 Å². The number of aromatic nitrogens is 3. The third-order valence-corrected chi connectivity index (χ3v) is 3.15. The standard InChI is InChI=1S/C11H10ClN3O/c12-10-9(6-16)3-8-4-13-15(11(8)14-10)5-7-1-2-7/h3-4,6-7H,1-2,5H2. The van der Waals surface area contributed by atoms with E-state index in [4.69, 9.17) is 11.6 Å². The molecule has 2 heterocycles. The lowest BCUT2D eigenvalue weighted by atomic mass is 10.2. The molecule has 2 aromatic rings. The van der Waals surface area contributed by atoms with Crippen LogP contribution in [-0.2, 0) is 6.54 Å². The summed E-state index contributed by atoms with van der Waals surface area (Å²) >= 11 is 5.90. The molecule has 0 amide bonds. The largest absolute Gasteiger partial charge is 0.298 e. The van der Waals surface area contributed by atoms with Gasteiger partial charge in [0.1, 0.15) is 5.15 Å². The molecule has 1 saturated carbocycles. The summed E-state index contributed by atoms with van der Waals surface area (Å²) in [4.78, 5) is 14.9. The Labute approximate surface area is 97.2 Å². The van der Waals surface area contributed by atoms with E-state index in [0.29, 0.717) is 11.8 Å². The van der Waals surface area contributed by atoms with Crippen LogP contribution in [0.2, 0.25) is 5.15 Å². The van der Waals surface area contributed by atoms with Crippen molar-refractivity contribution in [2.24, 2.45) is 5.92 Å². The summed E-state index contributed by atoms with van der Waals surface area (Å²) in [6.07, 6.45) is 4.98. The fraction of sp³-hybridized carbons (Fsp3) is 0.364. The smallest absolute Gasteiger partial charge is 0.159 e. The second-order valence-electron chi connectivity index (χ2n) is 4.17. The summed E-state index contributed by atoms with van der Waals surface area (Å²) in [5, 5.41) is 5.39. The molecule has 0 aromatic carbocycles. The highest BCUT2D eigenvalue weighted by Crippen LogP contribution is 2.31. The Hall–Kier alpha value is -1.42. The highest BCUT2D eigenvalue weighted by Gasteiger charge is 2.23. The first-order chi connectivity index (χ1) is 7.78. The Morgan fingerprint density at radius 2 is 2.38 bits per heavy atom. The summed E-state index contributed by atoms with van der Waals surface area (Å²) in [6.45, 7) is 0.896. The van der Waals surface area contributed by atoms with Crippen LogP contribution in [0.5, 0.6) is 0 Å². The Kier molecular flexibility index (Phi) is 2.17. The van der Waals surface area contributed by atoms with Crippen LogP contribution in [0.15, 0.2) is 12.3 Å². The third-order valence-electron chi connectivity index (χ3n) is 2.85. The fourth-order valence-electron chi connectivity index (χ4n) is 1.76. The highest BCUT2D eigenvalue weighted by atomic mass is 35.5. The number of carbonyl (C=O) groups is 1. The zero-order valence-corrected chi connectivity index (χ0v) is 9.31. The Balaban J connectivity index is 2.10. The van der Waals surface area contributed by atoms with Crippen molar-refractivity contribution in [3.63, 3.8) is 0 Å². The summed E-state index contributed by atoms with van der Waals surface area (Å²) in [7, 11) is 0. The second kappa shape index (κ2) is 3.56. The van der Waals surface area contributed by atoms with Crippen LogP contribution in [0.4, 0.5) is 0 Å². The van der Waals surface area contributed by atoms with E-state index >= 15 is 0 Å². The number of fused-ring (bicyclic) bond motifs is 1. The normalized spacial score (nSPS) is 15.6. The van der Waals surface area contributed by atoms with E-state index in [2.05, 4.69) is 10.1 Å². The first-order valence-electron chi connectivity index (χ1n) is 5.25. The van der Waals surface area contributed by atoms with Gasteiger partial charge in [-0.25, -0.2) is 9.67 Å². The van der Waals surface area contributed by atoms with Gasteiger partial charge in [0.15, 0.2) is 11.9 Å². The van der Waals surface area contributed by atoms with Crippen LogP contribution in [0.3, 0.4) is 0 Å². The van der Waals surface area contributed by atoms with Crippen molar-refractivity contribution in [2.75, 3.05) is 0 Å². The van der Waals surface area contributed by atoms with E-state index in [1.807, 2.05) is 4.68 Å². The van der Waals surface area contributed by atoms with Gasteiger partial charge >= 0.3 is 0 Å². The van der Waals surface area contributed by atoms with Crippen molar-refractivity contribution in [1.29, 1.82) is 0 Å². The molecule has 16 heavy (non-hydrogen) atoms. The molecule has 3 rings (SSSR count). The number of carbonyl (C=O) groups excluding carboxylic acids is 1. The molecule has 1 fully saturated rings. The molecule has 0 aliphatic heterocycles. The maximum absolute atomic E-state index is 10.7. The molecule has 2 aromatic heterocycles. The number of rotatable bonds is 3. The van der Waals surface area contributed by atoms with Crippen molar-refractivity contribution in [2.45, 2.75) is 19.4 Å². The number of aldehydes is 1. The number of hydrogen-bond acceptors (Lipinski definition) is 3. The molecule has 0 atom stereocenters. The van der Waals surface area contributed by atoms with Crippen LogP contribution in [0.25, 0.3) is 11.0 Å². The van der Waals surface area contributed by atoms with Crippen molar-refractivity contribution in [3.05, 3.63) is 23.0 Å².